The molecule has 0 radical (unpaired) electrons. The van der Waals surface area contributed by atoms with E-state index in [2.05, 4.69) is 12.2 Å². The summed E-state index contributed by atoms with van der Waals surface area (Å²) in [5.41, 5.74) is 0.101. The van der Waals surface area contributed by atoms with Crippen LogP contribution in [-0.2, 0) is 14.9 Å². The van der Waals surface area contributed by atoms with Crippen molar-refractivity contribution in [1.82, 2.24) is 4.90 Å². The summed E-state index contributed by atoms with van der Waals surface area (Å²) in [7, 11) is 0. The minimum absolute atomic E-state index is 0.118. The fraction of sp³-hybridized carbons (Fsp3) is 0.500. The first-order chi connectivity index (χ1) is 10.8. The lowest BCUT2D eigenvalue weighted by Gasteiger charge is -2.41. The Kier molecular flexibility index (Phi) is 4.47. The number of ether oxygens (including phenoxy) is 1. The molecule has 0 aromatic heterocycles. The van der Waals surface area contributed by atoms with Crippen LogP contribution in [0, 0.1) is 0 Å². The number of piperidine rings is 1. The van der Waals surface area contributed by atoms with E-state index in [0.29, 0.717) is 29.7 Å². The third-order valence-electron chi connectivity index (χ3n) is 4.96. The molecular formula is C18H21Cl2NO2. The van der Waals surface area contributed by atoms with Crippen molar-refractivity contribution < 1.29 is 9.53 Å². The molecule has 0 saturated carbocycles. The standard InChI is InChI=1S/C18H21Cl2NO2/c1-17(2,13-4-5-14(19)15(20)12-13)16(22)21-9-7-18(8-10-21)6-3-11-23-18/h3-6,12H,7-11H2,1-2H3. The molecular weight excluding hydrogens is 333 g/mol. The number of carbonyl (C=O) groups is 1. The van der Waals surface area contributed by atoms with Crippen LogP contribution in [0.15, 0.2) is 30.4 Å². The molecule has 0 aliphatic carbocycles. The van der Waals surface area contributed by atoms with E-state index >= 15 is 0 Å². The van der Waals surface area contributed by atoms with Crippen molar-refractivity contribution >= 4 is 29.1 Å². The molecule has 23 heavy (non-hydrogen) atoms. The first-order valence-electron chi connectivity index (χ1n) is 7.91. The second kappa shape index (κ2) is 6.12. The number of amides is 1. The van der Waals surface area contributed by atoms with Crippen molar-refractivity contribution in [1.29, 1.82) is 0 Å². The topological polar surface area (TPSA) is 29.5 Å². The average molecular weight is 354 g/mol. The second-order valence-corrected chi connectivity index (χ2v) is 7.64. The van der Waals surface area contributed by atoms with Gasteiger partial charge in [-0.3, -0.25) is 4.79 Å². The van der Waals surface area contributed by atoms with Gasteiger partial charge in [-0.25, -0.2) is 0 Å². The summed E-state index contributed by atoms with van der Waals surface area (Å²) >= 11 is 12.1. The fourth-order valence-electron chi connectivity index (χ4n) is 3.33. The molecule has 1 saturated heterocycles. The summed E-state index contributed by atoms with van der Waals surface area (Å²) in [5.74, 6) is 0.118. The molecule has 0 N–H and O–H groups in total. The second-order valence-electron chi connectivity index (χ2n) is 6.82. The molecule has 1 aromatic carbocycles. The summed E-state index contributed by atoms with van der Waals surface area (Å²) in [6, 6.07) is 5.41. The Bertz CT molecular complexity index is 646. The van der Waals surface area contributed by atoms with Crippen LogP contribution in [0.2, 0.25) is 10.0 Å². The molecule has 0 unspecified atom stereocenters. The first kappa shape index (κ1) is 16.8. The van der Waals surface area contributed by atoms with Crippen LogP contribution in [0.5, 0.6) is 0 Å². The maximum absolute atomic E-state index is 13.0. The van der Waals surface area contributed by atoms with Crippen LogP contribution in [0.1, 0.15) is 32.3 Å². The molecule has 3 nitrogen and oxygen atoms in total. The van der Waals surface area contributed by atoms with Gasteiger partial charge in [0.05, 0.1) is 27.7 Å². The van der Waals surface area contributed by atoms with Crippen LogP contribution in [0.25, 0.3) is 0 Å². The Balaban J connectivity index is 1.74. The van der Waals surface area contributed by atoms with E-state index in [1.165, 1.54) is 0 Å². The number of likely N-dealkylation sites (tertiary alicyclic amines) is 1. The molecule has 124 valence electrons. The van der Waals surface area contributed by atoms with Gasteiger partial charge >= 0.3 is 0 Å². The van der Waals surface area contributed by atoms with Crippen molar-refractivity contribution in [2.24, 2.45) is 0 Å². The van der Waals surface area contributed by atoms with Gasteiger partial charge in [-0.2, -0.15) is 0 Å². The molecule has 2 aliphatic rings. The van der Waals surface area contributed by atoms with Crippen molar-refractivity contribution in [3.8, 4) is 0 Å². The summed E-state index contributed by atoms with van der Waals surface area (Å²) in [4.78, 5) is 14.9. The van der Waals surface area contributed by atoms with Crippen LogP contribution >= 0.6 is 23.2 Å². The molecule has 2 heterocycles. The molecule has 1 spiro atoms. The van der Waals surface area contributed by atoms with E-state index in [-0.39, 0.29) is 11.5 Å². The van der Waals surface area contributed by atoms with Crippen molar-refractivity contribution in [3.63, 3.8) is 0 Å². The van der Waals surface area contributed by atoms with E-state index in [1.807, 2.05) is 24.8 Å². The van der Waals surface area contributed by atoms with E-state index in [0.717, 1.165) is 18.4 Å². The van der Waals surface area contributed by atoms with Crippen LogP contribution in [-0.4, -0.2) is 36.1 Å². The highest BCUT2D eigenvalue weighted by molar-refractivity contribution is 6.42. The van der Waals surface area contributed by atoms with Crippen LogP contribution in [0.3, 0.4) is 0 Å². The predicted molar refractivity (Wildman–Crippen MR) is 93.1 cm³/mol. The Morgan fingerprint density at radius 2 is 1.91 bits per heavy atom. The van der Waals surface area contributed by atoms with Gasteiger partial charge in [0.2, 0.25) is 5.91 Å². The smallest absolute Gasteiger partial charge is 0.232 e. The minimum atomic E-state index is -0.634. The van der Waals surface area contributed by atoms with Crippen molar-refractivity contribution in [2.45, 2.75) is 37.7 Å². The highest BCUT2D eigenvalue weighted by Crippen LogP contribution is 2.35. The Hall–Kier alpha value is -1.03. The summed E-state index contributed by atoms with van der Waals surface area (Å²) in [6.07, 6.45) is 5.93. The van der Waals surface area contributed by atoms with Crippen molar-refractivity contribution in [2.75, 3.05) is 19.7 Å². The van der Waals surface area contributed by atoms with Gasteiger partial charge in [-0.1, -0.05) is 41.4 Å². The zero-order chi connectivity index (χ0) is 16.7. The lowest BCUT2D eigenvalue weighted by molar-refractivity contribution is -0.140. The Morgan fingerprint density at radius 1 is 1.22 bits per heavy atom. The number of rotatable bonds is 2. The molecule has 0 atom stereocenters. The third kappa shape index (κ3) is 3.15. The fourth-order valence-corrected chi connectivity index (χ4v) is 3.63. The molecule has 1 amide bonds. The average Bonchev–Trinajstić information content (AvgIpc) is 2.98. The van der Waals surface area contributed by atoms with Gasteiger partial charge in [-0.05, 0) is 44.4 Å². The van der Waals surface area contributed by atoms with E-state index in [1.54, 1.807) is 12.1 Å². The van der Waals surface area contributed by atoms with Gasteiger partial charge < -0.3 is 9.64 Å². The van der Waals surface area contributed by atoms with E-state index < -0.39 is 5.41 Å². The van der Waals surface area contributed by atoms with E-state index in [9.17, 15) is 4.79 Å². The quantitative estimate of drug-likeness (QED) is 0.745. The van der Waals surface area contributed by atoms with Crippen molar-refractivity contribution in [3.05, 3.63) is 46.0 Å². The zero-order valence-electron chi connectivity index (χ0n) is 13.4. The van der Waals surface area contributed by atoms with E-state index in [4.69, 9.17) is 27.9 Å². The summed E-state index contributed by atoms with van der Waals surface area (Å²) in [5, 5.41) is 0.982. The number of nitrogens with zero attached hydrogens (tertiary/aromatic N) is 1. The molecule has 3 rings (SSSR count). The highest BCUT2D eigenvalue weighted by Gasteiger charge is 2.40. The van der Waals surface area contributed by atoms with Gasteiger partial charge in [0.15, 0.2) is 0 Å². The molecule has 1 aromatic rings. The first-order valence-corrected chi connectivity index (χ1v) is 8.66. The molecule has 5 heteroatoms. The number of hydrogen-bond donors (Lipinski definition) is 0. The molecule has 1 fully saturated rings. The molecule has 2 aliphatic heterocycles. The van der Waals surface area contributed by atoms with Gasteiger partial charge in [0.1, 0.15) is 0 Å². The normalized spacial score (nSPS) is 20.3. The van der Waals surface area contributed by atoms with Crippen LogP contribution in [0.4, 0.5) is 0 Å². The molecule has 0 bridgehead atoms. The number of carbonyl (C=O) groups excluding carboxylic acids is 1. The number of hydrogen-bond acceptors (Lipinski definition) is 2. The van der Waals surface area contributed by atoms with Gasteiger partial charge in [-0.15, -0.1) is 0 Å². The van der Waals surface area contributed by atoms with Gasteiger partial charge in [0.25, 0.3) is 0 Å². The predicted octanol–water partition coefficient (Wildman–Crippen LogP) is 4.22. The number of halogens is 2. The summed E-state index contributed by atoms with van der Waals surface area (Å²) < 4.78 is 5.83. The Morgan fingerprint density at radius 3 is 2.48 bits per heavy atom. The maximum Gasteiger partial charge on any atom is 0.232 e. The third-order valence-corrected chi connectivity index (χ3v) is 5.70. The summed E-state index contributed by atoms with van der Waals surface area (Å²) in [6.45, 7) is 5.99. The lowest BCUT2D eigenvalue weighted by Crippen LogP contribution is -2.51. The highest BCUT2D eigenvalue weighted by atomic mass is 35.5. The monoisotopic (exact) mass is 353 g/mol. The number of benzene rings is 1. The van der Waals surface area contributed by atoms with Crippen LogP contribution < -0.4 is 0 Å². The minimum Gasteiger partial charge on any atom is -0.367 e. The largest absolute Gasteiger partial charge is 0.367 e. The SMILES string of the molecule is CC(C)(C(=O)N1CCC2(C=CCO2)CC1)c1ccc(Cl)c(Cl)c1. The maximum atomic E-state index is 13.0. The Labute approximate surface area is 147 Å². The lowest BCUT2D eigenvalue weighted by atomic mass is 9.82. The zero-order valence-corrected chi connectivity index (χ0v) is 15.0. The van der Waals surface area contributed by atoms with Gasteiger partial charge in [0, 0.05) is 13.1 Å².